The smallest absolute Gasteiger partial charge is 0.451 e. The molecular formula is C12H22BNO5. The van der Waals surface area contributed by atoms with E-state index in [9.17, 15) is 14.7 Å². The molecule has 1 amide bonds. The number of carboxylic acid groups (broad SMARTS) is 1. The molecule has 108 valence electrons. The fraction of sp³-hybridized carbons (Fsp3) is 0.833. The largest absolute Gasteiger partial charge is 0.481 e. The Morgan fingerprint density at radius 1 is 1.32 bits per heavy atom. The van der Waals surface area contributed by atoms with Crippen molar-refractivity contribution in [1.29, 1.82) is 0 Å². The van der Waals surface area contributed by atoms with Gasteiger partial charge in [0.05, 0.1) is 5.92 Å². The van der Waals surface area contributed by atoms with E-state index in [1.54, 1.807) is 4.90 Å². The summed E-state index contributed by atoms with van der Waals surface area (Å²) >= 11 is 0. The molecule has 0 aromatic heterocycles. The van der Waals surface area contributed by atoms with Crippen molar-refractivity contribution in [3.63, 3.8) is 0 Å². The fourth-order valence-electron chi connectivity index (χ4n) is 2.58. The number of hydrogen-bond acceptors (Lipinski definition) is 4. The highest BCUT2D eigenvalue weighted by molar-refractivity contribution is 6.40. The second-order valence-corrected chi connectivity index (χ2v) is 5.17. The quantitative estimate of drug-likeness (QED) is 0.574. The Morgan fingerprint density at radius 2 is 2.00 bits per heavy atom. The minimum absolute atomic E-state index is 0.0124. The molecular weight excluding hydrogens is 249 g/mol. The van der Waals surface area contributed by atoms with Gasteiger partial charge < -0.3 is 20.1 Å². The van der Waals surface area contributed by atoms with E-state index in [0.29, 0.717) is 25.8 Å². The molecule has 6 nitrogen and oxygen atoms in total. The Kier molecular flexibility index (Phi) is 6.31. The Labute approximate surface area is 113 Å². The van der Waals surface area contributed by atoms with Gasteiger partial charge in [0.15, 0.2) is 0 Å². The van der Waals surface area contributed by atoms with E-state index < -0.39 is 19.0 Å². The molecule has 1 aliphatic heterocycles. The van der Waals surface area contributed by atoms with Crippen molar-refractivity contribution in [2.24, 2.45) is 11.8 Å². The Bertz CT molecular complexity index is 323. The zero-order valence-corrected chi connectivity index (χ0v) is 11.3. The number of carbonyl (C=O) groups is 2. The molecule has 0 bridgehead atoms. The number of carbonyl (C=O) groups excluding carboxylic acids is 1. The second-order valence-electron chi connectivity index (χ2n) is 5.17. The van der Waals surface area contributed by atoms with E-state index in [1.165, 1.54) is 0 Å². The van der Waals surface area contributed by atoms with Gasteiger partial charge in [-0.15, -0.1) is 0 Å². The standard InChI is InChI=1S/C12H22BNO5/c1-2-4-11(15)14-7-9(5-3-6-13(18)19)10(8-14)12(16)17/h9-10,18-19H,2-8H2,1H3,(H,16,17)/t9-,10+/m0/s1. The van der Waals surface area contributed by atoms with Crippen LogP contribution in [0.15, 0.2) is 0 Å². The predicted octanol–water partition coefficient (Wildman–Crippen LogP) is 0.199. The summed E-state index contributed by atoms with van der Waals surface area (Å²) in [5.41, 5.74) is 0. The van der Waals surface area contributed by atoms with E-state index >= 15 is 0 Å². The molecule has 0 aromatic carbocycles. The lowest BCUT2D eigenvalue weighted by molar-refractivity contribution is -0.142. The van der Waals surface area contributed by atoms with Gasteiger partial charge in [0.2, 0.25) is 5.91 Å². The van der Waals surface area contributed by atoms with Gasteiger partial charge in [0.1, 0.15) is 0 Å². The lowest BCUT2D eigenvalue weighted by Crippen LogP contribution is -2.29. The first kappa shape index (κ1) is 16.0. The summed E-state index contributed by atoms with van der Waals surface area (Å²) in [7, 11) is -1.34. The highest BCUT2D eigenvalue weighted by atomic mass is 16.4. The number of likely N-dealkylation sites (tertiary alicyclic amines) is 1. The van der Waals surface area contributed by atoms with Gasteiger partial charge in [0.25, 0.3) is 0 Å². The summed E-state index contributed by atoms with van der Waals surface area (Å²) in [6.07, 6.45) is 2.61. The van der Waals surface area contributed by atoms with E-state index in [1.807, 2.05) is 6.92 Å². The summed E-state index contributed by atoms with van der Waals surface area (Å²) in [6, 6.07) is 0. The third-order valence-electron chi connectivity index (χ3n) is 3.61. The summed E-state index contributed by atoms with van der Waals surface area (Å²) in [5.74, 6) is -1.48. The summed E-state index contributed by atoms with van der Waals surface area (Å²) in [4.78, 5) is 24.6. The number of rotatable bonds is 7. The maximum absolute atomic E-state index is 11.8. The van der Waals surface area contributed by atoms with E-state index in [0.717, 1.165) is 6.42 Å². The van der Waals surface area contributed by atoms with Crippen LogP contribution >= 0.6 is 0 Å². The lowest BCUT2D eigenvalue weighted by Gasteiger charge is -2.15. The van der Waals surface area contributed by atoms with E-state index in [2.05, 4.69) is 0 Å². The molecule has 7 heteroatoms. The first-order valence-electron chi connectivity index (χ1n) is 6.82. The van der Waals surface area contributed by atoms with Gasteiger partial charge in [-0.2, -0.15) is 0 Å². The minimum Gasteiger partial charge on any atom is -0.481 e. The van der Waals surface area contributed by atoms with Crippen LogP contribution in [0.1, 0.15) is 32.6 Å². The molecule has 1 fully saturated rings. The number of hydrogen-bond donors (Lipinski definition) is 3. The van der Waals surface area contributed by atoms with Crippen molar-refractivity contribution in [2.75, 3.05) is 13.1 Å². The zero-order valence-electron chi connectivity index (χ0n) is 11.3. The molecule has 0 radical (unpaired) electrons. The van der Waals surface area contributed by atoms with Crippen molar-refractivity contribution in [3.8, 4) is 0 Å². The van der Waals surface area contributed by atoms with Crippen molar-refractivity contribution >= 4 is 19.0 Å². The summed E-state index contributed by atoms with van der Waals surface area (Å²) in [5, 5.41) is 26.8. The predicted molar refractivity (Wildman–Crippen MR) is 70.3 cm³/mol. The van der Waals surface area contributed by atoms with Crippen LogP contribution in [0, 0.1) is 11.8 Å². The van der Waals surface area contributed by atoms with Crippen LogP contribution in [-0.2, 0) is 9.59 Å². The Morgan fingerprint density at radius 3 is 2.53 bits per heavy atom. The van der Waals surface area contributed by atoms with Crippen LogP contribution in [-0.4, -0.2) is 52.1 Å². The molecule has 0 aromatic rings. The van der Waals surface area contributed by atoms with E-state index in [4.69, 9.17) is 10.0 Å². The van der Waals surface area contributed by atoms with Crippen molar-refractivity contribution in [2.45, 2.75) is 38.9 Å². The fourth-order valence-corrected chi connectivity index (χ4v) is 2.58. The average molecular weight is 271 g/mol. The normalized spacial score (nSPS) is 22.6. The molecule has 0 spiro atoms. The molecule has 1 rings (SSSR count). The highest BCUT2D eigenvalue weighted by Gasteiger charge is 2.38. The zero-order chi connectivity index (χ0) is 14.4. The van der Waals surface area contributed by atoms with Gasteiger partial charge in [-0.3, -0.25) is 9.59 Å². The van der Waals surface area contributed by atoms with Gasteiger partial charge in [-0.25, -0.2) is 0 Å². The van der Waals surface area contributed by atoms with Crippen LogP contribution < -0.4 is 0 Å². The second kappa shape index (κ2) is 7.50. The molecule has 0 saturated carbocycles. The third-order valence-corrected chi connectivity index (χ3v) is 3.61. The average Bonchev–Trinajstić information content (AvgIpc) is 2.73. The number of aliphatic carboxylic acids is 1. The molecule has 1 saturated heterocycles. The third kappa shape index (κ3) is 4.83. The van der Waals surface area contributed by atoms with Crippen LogP contribution in [0.25, 0.3) is 0 Å². The summed E-state index contributed by atoms with van der Waals surface area (Å²) in [6.45, 7) is 2.67. The molecule has 0 aliphatic carbocycles. The lowest BCUT2D eigenvalue weighted by atomic mass is 9.80. The molecule has 2 atom stereocenters. The maximum atomic E-state index is 11.8. The monoisotopic (exact) mass is 271 g/mol. The van der Waals surface area contributed by atoms with Crippen molar-refractivity contribution in [3.05, 3.63) is 0 Å². The topological polar surface area (TPSA) is 98.1 Å². The molecule has 1 heterocycles. The molecule has 0 unspecified atom stereocenters. The van der Waals surface area contributed by atoms with Gasteiger partial charge in [-0.1, -0.05) is 13.3 Å². The first-order chi connectivity index (χ1) is 8.95. The number of carboxylic acids is 1. The van der Waals surface area contributed by atoms with Crippen LogP contribution in [0.2, 0.25) is 6.32 Å². The SMILES string of the molecule is CCCC(=O)N1C[C@H](CCCB(O)O)[C@H](C(=O)O)C1. The van der Waals surface area contributed by atoms with Crippen LogP contribution in [0.3, 0.4) is 0 Å². The molecule has 3 N–H and O–H groups in total. The molecule has 19 heavy (non-hydrogen) atoms. The van der Waals surface area contributed by atoms with Crippen molar-refractivity contribution < 1.29 is 24.7 Å². The molecule has 1 aliphatic rings. The van der Waals surface area contributed by atoms with Gasteiger partial charge >= 0.3 is 13.1 Å². The number of nitrogens with zero attached hydrogens (tertiary/aromatic N) is 1. The maximum Gasteiger partial charge on any atom is 0.451 e. The van der Waals surface area contributed by atoms with Gasteiger partial charge in [-0.05, 0) is 25.1 Å². The van der Waals surface area contributed by atoms with Gasteiger partial charge in [0, 0.05) is 19.5 Å². The minimum atomic E-state index is -1.34. The first-order valence-corrected chi connectivity index (χ1v) is 6.82. The van der Waals surface area contributed by atoms with Crippen LogP contribution in [0.4, 0.5) is 0 Å². The van der Waals surface area contributed by atoms with Crippen LogP contribution in [0.5, 0.6) is 0 Å². The summed E-state index contributed by atoms with van der Waals surface area (Å²) < 4.78 is 0. The Balaban J connectivity index is 2.53. The number of amides is 1. The Hall–Kier alpha value is -1.08. The van der Waals surface area contributed by atoms with E-state index in [-0.39, 0.29) is 24.7 Å². The highest BCUT2D eigenvalue weighted by Crippen LogP contribution is 2.29. The van der Waals surface area contributed by atoms with Crippen molar-refractivity contribution in [1.82, 2.24) is 4.90 Å².